The quantitative estimate of drug-likeness (QED) is 0.709. The Morgan fingerprint density at radius 3 is 2.76 bits per heavy atom. The molecular formula is C15H24N2. The highest BCUT2D eigenvalue weighted by Gasteiger charge is 2.05. The van der Waals surface area contributed by atoms with Crippen LogP contribution < -0.4 is 11.1 Å². The lowest BCUT2D eigenvalue weighted by Gasteiger charge is -2.13. The number of hydrogen-bond donors (Lipinski definition) is 2. The van der Waals surface area contributed by atoms with Gasteiger partial charge in [-0.3, -0.25) is 0 Å². The molecule has 0 unspecified atom stereocenters. The minimum absolute atomic E-state index is 0.738. The first-order valence-electron chi connectivity index (χ1n) is 6.36. The first kappa shape index (κ1) is 13.8. The van der Waals surface area contributed by atoms with E-state index in [1.54, 1.807) is 0 Å². The number of hydrogen-bond acceptors (Lipinski definition) is 2. The van der Waals surface area contributed by atoms with Gasteiger partial charge in [0.25, 0.3) is 0 Å². The summed E-state index contributed by atoms with van der Waals surface area (Å²) in [7, 11) is 0. The summed E-state index contributed by atoms with van der Waals surface area (Å²) in [6, 6.07) is 6.45. The van der Waals surface area contributed by atoms with Crippen molar-refractivity contribution < 1.29 is 0 Å². The van der Waals surface area contributed by atoms with Crippen LogP contribution in [0.1, 0.15) is 30.0 Å². The zero-order valence-electron chi connectivity index (χ0n) is 11.1. The molecule has 1 aromatic rings. The summed E-state index contributed by atoms with van der Waals surface area (Å²) >= 11 is 0. The molecule has 1 aromatic carbocycles. The van der Waals surface area contributed by atoms with Crippen LogP contribution in [0.2, 0.25) is 0 Å². The molecule has 0 saturated heterocycles. The lowest BCUT2D eigenvalue weighted by Crippen LogP contribution is -2.18. The second-order valence-corrected chi connectivity index (χ2v) is 4.55. The number of benzene rings is 1. The van der Waals surface area contributed by atoms with Crippen LogP contribution in [0.15, 0.2) is 30.5 Å². The Balaban J connectivity index is 2.69. The van der Waals surface area contributed by atoms with Gasteiger partial charge in [0, 0.05) is 12.1 Å². The van der Waals surface area contributed by atoms with Gasteiger partial charge < -0.3 is 11.1 Å². The van der Waals surface area contributed by atoms with E-state index in [4.69, 9.17) is 5.73 Å². The minimum Gasteiger partial charge on any atom is -0.402 e. The number of rotatable bonds is 7. The van der Waals surface area contributed by atoms with Crippen LogP contribution in [0.25, 0.3) is 0 Å². The Morgan fingerprint density at radius 1 is 1.35 bits per heavy atom. The molecule has 2 nitrogen and oxygen atoms in total. The second kappa shape index (κ2) is 7.13. The van der Waals surface area contributed by atoms with Crippen LogP contribution in [0, 0.1) is 6.92 Å². The standard InChI is InChI=1S/C15H24N2/c1-4-9-17-10-8-14-7-5-6-12(2)15(14)11-13(3)16/h5-7,17H,3-4,8-11,16H2,1-2H3. The van der Waals surface area contributed by atoms with E-state index in [0.29, 0.717) is 0 Å². The van der Waals surface area contributed by atoms with Crippen molar-refractivity contribution in [2.45, 2.75) is 33.1 Å². The second-order valence-electron chi connectivity index (χ2n) is 4.55. The molecule has 94 valence electrons. The first-order chi connectivity index (χ1) is 8.15. The van der Waals surface area contributed by atoms with Gasteiger partial charge in [0.05, 0.1) is 0 Å². The zero-order chi connectivity index (χ0) is 12.7. The summed E-state index contributed by atoms with van der Waals surface area (Å²) in [4.78, 5) is 0. The smallest absolute Gasteiger partial charge is 0.0120 e. The van der Waals surface area contributed by atoms with Crippen molar-refractivity contribution in [1.29, 1.82) is 0 Å². The molecular weight excluding hydrogens is 208 g/mol. The van der Waals surface area contributed by atoms with Crippen molar-refractivity contribution in [3.8, 4) is 0 Å². The van der Waals surface area contributed by atoms with Crippen molar-refractivity contribution in [3.05, 3.63) is 47.2 Å². The molecule has 0 aromatic heterocycles. The van der Waals surface area contributed by atoms with E-state index in [2.05, 4.69) is 43.9 Å². The summed E-state index contributed by atoms with van der Waals surface area (Å²) in [6.45, 7) is 10.2. The van der Waals surface area contributed by atoms with Crippen LogP contribution in [0.3, 0.4) is 0 Å². The lowest BCUT2D eigenvalue weighted by atomic mass is 9.96. The molecule has 0 saturated carbocycles. The first-order valence-corrected chi connectivity index (χ1v) is 6.36. The van der Waals surface area contributed by atoms with E-state index in [1.165, 1.54) is 23.1 Å². The third kappa shape index (κ3) is 4.61. The number of nitrogens with two attached hydrogens (primary N) is 1. The van der Waals surface area contributed by atoms with Gasteiger partial charge in [0.1, 0.15) is 0 Å². The largest absolute Gasteiger partial charge is 0.402 e. The third-order valence-electron chi connectivity index (χ3n) is 2.91. The van der Waals surface area contributed by atoms with E-state index in [1.807, 2.05) is 0 Å². The predicted molar refractivity (Wildman–Crippen MR) is 75.1 cm³/mol. The number of aryl methyl sites for hydroxylation is 1. The SMILES string of the molecule is C=C(N)Cc1c(C)cccc1CCNCCC. The van der Waals surface area contributed by atoms with Gasteiger partial charge >= 0.3 is 0 Å². The van der Waals surface area contributed by atoms with Gasteiger partial charge in [-0.25, -0.2) is 0 Å². The topological polar surface area (TPSA) is 38.0 Å². The highest BCUT2D eigenvalue weighted by atomic mass is 14.8. The number of allylic oxidation sites excluding steroid dienone is 1. The lowest BCUT2D eigenvalue weighted by molar-refractivity contribution is 0.669. The van der Waals surface area contributed by atoms with Crippen molar-refractivity contribution in [2.75, 3.05) is 13.1 Å². The molecule has 0 spiro atoms. The van der Waals surface area contributed by atoms with Crippen LogP contribution >= 0.6 is 0 Å². The van der Waals surface area contributed by atoms with Crippen LogP contribution in [0.4, 0.5) is 0 Å². The fourth-order valence-corrected chi connectivity index (χ4v) is 2.00. The normalized spacial score (nSPS) is 10.5. The highest BCUT2D eigenvalue weighted by Crippen LogP contribution is 2.17. The van der Waals surface area contributed by atoms with Gasteiger partial charge in [0.15, 0.2) is 0 Å². The molecule has 0 heterocycles. The summed E-state index contributed by atoms with van der Waals surface area (Å²) < 4.78 is 0. The van der Waals surface area contributed by atoms with Gasteiger partial charge in [-0.2, -0.15) is 0 Å². The molecule has 2 heteroatoms. The molecule has 0 fully saturated rings. The van der Waals surface area contributed by atoms with Gasteiger partial charge in [-0.15, -0.1) is 0 Å². The molecule has 3 N–H and O–H groups in total. The fraction of sp³-hybridized carbons (Fsp3) is 0.467. The molecule has 0 radical (unpaired) electrons. The molecule has 17 heavy (non-hydrogen) atoms. The Labute approximate surface area is 105 Å². The van der Waals surface area contributed by atoms with Crippen LogP contribution in [-0.4, -0.2) is 13.1 Å². The average molecular weight is 232 g/mol. The monoisotopic (exact) mass is 232 g/mol. The minimum atomic E-state index is 0.738. The molecule has 0 aliphatic rings. The van der Waals surface area contributed by atoms with Crippen LogP contribution in [0.5, 0.6) is 0 Å². The van der Waals surface area contributed by atoms with E-state index < -0.39 is 0 Å². The Kier molecular flexibility index (Phi) is 5.78. The average Bonchev–Trinajstić information content (AvgIpc) is 2.28. The van der Waals surface area contributed by atoms with E-state index in [9.17, 15) is 0 Å². The van der Waals surface area contributed by atoms with E-state index in [0.717, 1.165) is 31.6 Å². The van der Waals surface area contributed by atoms with Gasteiger partial charge in [-0.05, 0) is 49.5 Å². The Hall–Kier alpha value is -1.28. The van der Waals surface area contributed by atoms with Crippen LogP contribution in [-0.2, 0) is 12.8 Å². The summed E-state index contributed by atoms with van der Waals surface area (Å²) in [5.74, 6) is 0. The van der Waals surface area contributed by atoms with Crippen molar-refractivity contribution >= 4 is 0 Å². The zero-order valence-corrected chi connectivity index (χ0v) is 11.1. The maximum absolute atomic E-state index is 5.73. The highest BCUT2D eigenvalue weighted by molar-refractivity contribution is 5.37. The molecule has 1 rings (SSSR count). The Morgan fingerprint density at radius 2 is 2.12 bits per heavy atom. The maximum Gasteiger partial charge on any atom is 0.0120 e. The Bertz CT molecular complexity index is 369. The van der Waals surface area contributed by atoms with E-state index >= 15 is 0 Å². The number of nitrogens with one attached hydrogen (secondary N) is 1. The van der Waals surface area contributed by atoms with Crippen molar-refractivity contribution in [3.63, 3.8) is 0 Å². The van der Waals surface area contributed by atoms with Crippen molar-refractivity contribution in [1.82, 2.24) is 5.32 Å². The van der Waals surface area contributed by atoms with Gasteiger partial charge in [0.2, 0.25) is 0 Å². The molecule has 0 bridgehead atoms. The fourth-order valence-electron chi connectivity index (χ4n) is 2.00. The molecule has 0 aliphatic heterocycles. The predicted octanol–water partition coefficient (Wildman–Crippen LogP) is 2.55. The van der Waals surface area contributed by atoms with Gasteiger partial charge in [-0.1, -0.05) is 31.7 Å². The molecule has 0 aliphatic carbocycles. The summed E-state index contributed by atoms with van der Waals surface area (Å²) in [5.41, 5.74) is 10.5. The maximum atomic E-state index is 5.73. The molecule has 0 amide bonds. The summed E-state index contributed by atoms with van der Waals surface area (Å²) in [5, 5.41) is 3.43. The molecule has 0 atom stereocenters. The van der Waals surface area contributed by atoms with Crippen molar-refractivity contribution in [2.24, 2.45) is 5.73 Å². The van der Waals surface area contributed by atoms with E-state index in [-0.39, 0.29) is 0 Å². The summed E-state index contributed by atoms with van der Waals surface area (Å²) in [6.07, 6.45) is 3.03. The third-order valence-corrected chi connectivity index (χ3v) is 2.91.